The van der Waals surface area contributed by atoms with E-state index in [9.17, 15) is 14.8 Å². The van der Waals surface area contributed by atoms with Gasteiger partial charge in [-0.1, -0.05) is 29.3 Å². The van der Waals surface area contributed by atoms with Crippen LogP contribution in [0.3, 0.4) is 0 Å². The molecule has 132 valence electrons. The number of amides is 1. The summed E-state index contributed by atoms with van der Waals surface area (Å²) in [6.45, 7) is 1.92. The van der Waals surface area contributed by atoms with Crippen LogP contribution in [0.4, 0.5) is 11.4 Å². The summed E-state index contributed by atoms with van der Waals surface area (Å²) >= 11 is 5.84. The first-order valence-corrected chi connectivity index (χ1v) is 8.08. The molecule has 2 aromatic carbocycles. The molecule has 0 unspecified atom stereocenters. The van der Waals surface area contributed by atoms with Crippen molar-refractivity contribution < 1.29 is 14.4 Å². The third-order valence-corrected chi connectivity index (χ3v) is 3.99. The quantitative estimate of drug-likeness (QED) is 0.595. The Bertz CT molecular complexity index is 996. The molecule has 0 saturated carbocycles. The van der Waals surface area contributed by atoms with Gasteiger partial charge in [-0.2, -0.15) is 0 Å². The van der Waals surface area contributed by atoms with Gasteiger partial charge in [0, 0.05) is 22.3 Å². The molecule has 3 N–H and O–H groups in total. The average molecular weight is 371 g/mol. The molecule has 0 aliphatic carbocycles. The average Bonchev–Trinajstić information content (AvgIpc) is 2.63. The monoisotopic (exact) mass is 370 g/mol. The maximum absolute atomic E-state index is 12.5. The van der Waals surface area contributed by atoms with Crippen LogP contribution in [0, 0.1) is 6.92 Å². The van der Waals surface area contributed by atoms with Gasteiger partial charge in [-0.15, -0.1) is 0 Å². The lowest BCUT2D eigenvalue weighted by molar-refractivity contribution is 0.102. The molecular formula is C19H15ClN2O4. The summed E-state index contributed by atoms with van der Waals surface area (Å²) in [5.74, 6) is -0.503. The van der Waals surface area contributed by atoms with Gasteiger partial charge in [0.05, 0.1) is 5.69 Å². The molecule has 6 nitrogen and oxygen atoms in total. The summed E-state index contributed by atoms with van der Waals surface area (Å²) in [5.41, 5.74) is 2.75. The van der Waals surface area contributed by atoms with E-state index in [1.54, 1.807) is 36.4 Å². The molecule has 0 spiro atoms. The van der Waals surface area contributed by atoms with Gasteiger partial charge >= 0.3 is 5.63 Å². The van der Waals surface area contributed by atoms with E-state index >= 15 is 0 Å². The zero-order valence-corrected chi connectivity index (χ0v) is 14.5. The van der Waals surface area contributed by atoms with Crippen LogP contribution in [0.1, 0.15) is 15.9 Å². The van der Waals surface area contributed by atoms with Crippen LogP contribution in [0.2, 0.25) is 5.02 Å². The fourth-order valence-corrected chi connectivity index (χ4v) is 2.51. The predicted molar refractivity (Wildman–Crippen MR) is 100.0 cm³/mol. The van der Waals surface area contributed by atoms with Crippen molar-refractivity contribution in [1.82, 2.24) is 0 Å². The summed E-state index contributed by atoms with van der Waals surface area (Å²) < 4.78 is 5.24. The van der Waals surface area contributed by atoms with Crippen LogP contribution in [0.5, 0.6) is 0 Å². The standard InChI is InChI=1S/C19H15ClN2O4/c1-11-2-8-14(9-3-11)21-18(23)17-15(22-25)10-16(26-19(17)24)12-4-6-13(20)7-5-12/h2-10,22,25H,1H3,(H,21,23). The molecule has 1 aromatic heterocycles. The molecule has 0 radical (unpaired) electrons. The number of hydrogen-bond acceptors (Lipinski definition) is 5. The molecule has 0 aliphatic heterocycles. The molecule has 0 atom stereocenters. The lowest BCUT2D eigenvalue weighted by Crippen LogP contribution is -2.23. The van der Waals surface area contributed by atoms with Gasteiger partial charge in [-0.3, -0.25) is 15.5 Å². The second-order valence-corrected chi connectivity index (χ2v) is 6.06. The summed E-state index contributed by atoms with van der Waals surface area (Å²) in [4.78, 5) is 24.8. The molecule has 0 fully saturated rings. The fourth-order valence-electron chi connectivity index (χ4n) is 2.38. The van der Waals surface area contributed by atoms with Crippen LogP contribution < -0.4 is 16.4 Å². The number of hydrogen-bond donors (Lipinski definition) is 3. The molecule has 0 saturated heterocycles. The van der Waals surface area contributed by atoms with Gasteiger partial charge in [0.15, 0.2) is 5.56 Å². The van der Waals surface area contributed by atoms with E-state index in [1.807, 2.05) is 24.5 Å². The number of halogens is 1. The minimum absolute atomic E-state index is 0.0594. The van der Waals surface area contributed by atoms with Crippen molar-refractivity contribution in [2.45, 2.75) is 6.92 Å². The van der Waals surface area contributed by atoms with Crippen LogP contribution >= 0.6 is 11.6 Å². The highest BCUT2D eigenvalue weighted by atomic mass is 35.5. The highest BCUT2D eigenvalue weighted by Crippen LogP contribution is 2.25. The van der Waals surface area contributed by atoms with E-state index in [2.05, 4.69) is 5.32 Å². The van der Waals surface area contributed by atoms with Gasteiger partial charge in [-0.05, 0) is 43.3 Å². The van der Waals surface area contributed by atoms with Gasteiger partial charge in [0.2, 0.25) is 0 Å². The Balaban J connectivity index is 1.96. The Hall–Kier alpha value is -3.09. The zero-order chi connectivity index (χ0) is 18.7. The predicted octanol–water partition coefficient (Wildman–Crippen LogP) is 4.32. The summed E-state index contributed by atoms with van der Waals surface area (Å²) in [5, 5.41) is 12.5. The van der Waals surface area contributed by atoms with Crippen LogP contribution in [0.25, 0.3) is 11.3 Å². The van der Waals surface area contributed by atoms with Crippen LogP contribution in [0.15, 0.2) is 63.8 Å². The smallest absolute Gasteiger partial charge is 0.351 e. The Morgan fingerprint density at radius 3 is 2.35 bits per heavy atom. The van der Waals surface area contributed by atoms with E-state index in [0.29, 0.717) is 16.3 Å². The van der Waals surface area contributed by atoms with Crippen molar-refractivity contribution in [3.05, 3.63) is 81.2 Å². The maximum Gasteiger partial charge on any atom is 0.351 e. The molecule has 1 heterocycles. The van der Waals surface area contributed by atoms with Crippen molar-refractivity contribution in [2.75, 3.05) is 10.8 Å². The molecule has 0 aliphatic rings. The van der Waals surface area contributed by atoms with Crippen LogP contribution in [-0.2, 0) is 0 Å². The summed E-state index contributed by atoms with van der Waals surface area (Å²) in [7, 11) is 0. The van der Waals surface area contributed by atoms with Crippen molar-refractivity contribution in [2.24, 2.45) is 0 Å². The van der Waals surface area contributed by atoms with Crippen LogP contribution in [-0.4, -0.2) is 11.1 Å². The molecule has 3 rings (SSSR count). The lowest BCUT2D eigenvalue weighted by atomic mass is 10.1. The third-order valence-electron chi connectivity index (χ3n) is 3.74. The molecule has 3 aromatic rings. The van der Waals surface area contributed by atoms with Gasteiger partial charge in [-0.25, -0.2) is 4.79 Å². The minimum atomic E-state index is -0.876. The van der Waals surface area contributed by atoms with E-state index in [1.165, 1.54) is 6.07 Å². The zero-order valence-electron chi connectivity index (χ0n) is 13.7. The largest absolute Gasteiger partial charge is 0.422 e. The van der Waals surface area contributed by atoms with Crippen molar-refractivity contribution in [3.8, 4) is 11.3 Å². The first-order chi connectivity index (χ1) is 12.5. The van der Waals surface area contributed by atoms with E-state index in [4.69, 9.17) is 16.0 Å². The maximum atomic E-state index is 12.5. The van der Waals surface area contributed by atoms with Gasteiger partial charge in [0.1, 0.15) is 5.76 Å². The molecule has 1 amide bonds. The Labute approximate surface area is 154 Å². The molecule has 26 heavy (non-hydrogen) atoms. The Kier molecular flexibility index (Phi) is 5.06. The Morgan fingerprint density at radius 1 is 1.08 bits per heavy atom. The number of nitrogens with one attached hydrogen (secondary N) is 2. The molecule has 7 heteroatoms. The number of aryl methyl sites for hydroxylation is 1. The van der Waals surface area contributed by atoms with E-state index < -0.39 is 11.5 Å². The van der Waals surface area contributed by atoms with Crippen molar-refractivity contribution in [1.29, 1.82) is 0 Å². The SMILES string of the molecule is Cc1ccc(NC(=O)c2c(NO)cc(-c3ccc(Cl)cc3)oc2=O)cc1. The number of rotatable bonds is 4. The Morgan fingerprint density at radius 2 is 1.73 bits per heavy atom. The second-order valence-electron chi connectivity index (χ2n) is 5.63. The first kappa shape index (κ1) is 17.7. The van der Waals surface area contributed by atoms with Gasteiger partial charge < -0.3 is 9.73 Å². The van der Waals surface area contributed by atoms with Crippen molar-refractivity contribution in [3.63, 3.8) is 0 Å². The number of anilines is 2. The summed E-state index contributed by atoms with van der Waals surface area (Å²) in [6.07, 6.45) is 0. The first-order valence-electron chi connectivity index (χ1n) is 7.70. The topological polar surface area (TPSA) is 91.6 Å². The normalized spacial score (nSPS) is 10.4. The van der Waals surface area contributed by atoms with Crippen molar-refractivity contribution >= 4 is 28.9 Å². The van der Waals surface area contributed by atoms with E-state index in [0.717, 1.165) is 5.56 Å². The summed E-state index contributed by atoms with van der Waals surface area (Å²) in [6, 6.07) is 15.0. The number of benzene rings is 2. The molecular weight excluding hydrogens is 356 g/mol. The number of carbonyl (C=O) groups excluding carboxylic acids is 1. The highest BCUT2D eigenvalue weighted by molar-refractivity contribution is 6.30. The lowest BCUT2D eigenvalue weighted by Gasteiger charge is -2.10. The van der Waals surface area contributed by atoms with E-state index in [-0.39, 0.29) is 17.0 Å². The third kappa shape index (κ3) is 3.77. The number of carbonyl (C=O) groups is 1. The van der Waals surface area contributed by atoms with Gasteiger partial charge in [0.25, 0.3) is 5.91 Å². The fraction of sp³-hybridized carbons (Fsp3) is 0.0526. The second kappa shape index (κ2) is 7.43. The highest BCUT2D eigenvalue weighted by Gasteiger charge is 2.20. The molecule has 0 bridgehead atoms. The minimum Gasteiger partial charge on any atom is -0.422 e.